The Morgan fingerprint density at radius 2 is 1.90 bits per heavy atom. The number of hydrogen-bond acceptors (Lipinski definition) is 5. The fourth-order valence-corrected chi connectivity index (χ4v) is 2.64. The average molecular weight is 401 g/mol. The number of alkyl halides is 3. The molecule has 2 aromatic heterocycles. The van der Waals surface area contributed by atoms with Gasteiger partial charge in [0.25, 0.3) is 5.91 Å². The number of nitrogens with zero attached hydrogens (tertiary/aromatic N) is 3. The molecule has 2 heterocycles. The first-order valence-corrected chi connectivity index (χ1v) is 8.79. The molecule has 0 aliphatic carbocycles. The molecule has 29 heavy (non-hydrogen) atoms. The normalized spacial score (nSPS) is 11.2. The molecule has 0 saturated carbocycles. The van der Waals surface area contributed by atoms with Crippen molar-refractivity contribution in [2.75, 3.05) is 18.9 Å². The summed E-state index contributed by atoms with van der Waals surface area (Å²) < 4.78 is 39.7. The maximum Gasteiger partial charge on any atom is 0.433 e. The zero-order valence-electron chi connectivity index (χ0n) is 15.5. The Hall–Kier alpha value is -3.49. The van der Waals surface area contributed by atoms with Gasteiger partial charge in [-0.15, -0.1) is 0 Å². The second kappa shape index (κ2) is 8.68. The van der Waals surface area contributed by atoms with E-state index in [9.17, 15) is 18.0 Å². The molecule has 0 fully saturated rings. The fraction of sp³-hybridized carbons (Fsp3) is 0.200. The highest BCUT2D eigenvalue weighted by Crippen LogP contribution is 2.30. The topological polar surface area (TPSA) is 79.8 Å². The minimum absolute atomic E-state index is 0.0513. The summed E-state index contributed by atoms with van der Waals surface area (Å²) in [5.74, 6) is -0.259. The summed E-state index contributed by atoms with van der Waals surface area (Å²) in [6, 6.07) is 12.7. The fourth-order valence-electron chi connectivity index (χ4n) is 2.64. The molecule has 0 saturated heterocycles. The van der Waals surface area contributed by atoms with E-state index < -0.39 is 11.9 Å². The largest absolute Gasteiger partial charge is 0.433 e. The van der Waals surface area contributed by atoms with Gasteiger partial charge in [0.2, 0.25) is 0 Å². The number of amides is 1. The van der Waals surface area contributed by atoms with E-state index in [4.69, 9.17) is 0 Å². The van der Waals surface area contributed by atoms with Crippen molar-refractivity contribution in [3.05, 3.63) is 71.5 Å². The Morgan fingerprint density at radius 1 is 1.07 bits per heavy atom. The molecule has 0 spiro atoms. The molecule has 150 valence electrons. The van der Waals surface area contributed by atoms with Gasteiger partial charge in [-0.05, 0) is 36.2 Å². The third kappa shape index (κ3) is 5.28. The van der Waals surface area contributed by atoms with E-state index in [2.05, 4.69) is 25.6 Å². The predicted molar refractivity (Wildman–Crippen MR) is 102 cm³/mol. The SMILES string of the molecule is CNC(=O)c1cccc(CCNc2cc(C(F)(F)F)nc(-c3ccccn3)n2)c1. The molecule has 2 N–H and O–H groups in total. The molecule has 0 atom stereocenters. The number of halogens is 3. The molecule has 0 unspecified atom stereocenters. The number of benzene rings is 1. The smallest absolute Gasteiger partial charge is 0.370 e. The van der Waals surface area contributed by atoms with E-state index in [0.29, 0.717) is 18.5 Å². The van der Waals surface area contributed by atoms with Gasteiger partial charge in [0.05, 0.1) is 0 Å². The van der Waals surface area contributed by atoms with Crippen molar-refractivity contribution < 1.29 is 18.0 Å². The molecular weight excluding hydrogens is 383 g/mol. The first-order chi connectivity index (χ1) is 13.9. The number of anilines is 1. The maximum absolute atomic E-state index is 13.2. The number of carbonyl (C=O) groups is 1. The second-order valence-electron chi connectivity index (χ2n) is 6.13. The first-order valence-electron chi connectivity index (χ1n) is 8.79. The highest BCUT2D eigenvalue weighted by atomic mass is 19.4. The van der Waals surface area contributed by atoms with Crippen LogP contribution in [0.2, 0.25) is 0 Å². The summed E-state index contributed by atoms with van der Waals surface area (Å²) in [5, 5.41) is 5.45. The molecule has 0 radical (unpaired) electrons. The van der Waals surface area contributed by atoms with Gasteiger partial charge in [-0.3, -0.25) is 9.78 Å². The lowest BCUT2D eigenvalue weighted by atomic mass is 10.1. The Labute approximate surface area is 165 Å². The van der Waals surface area contributed by atoms with Crippen LogP contribution in [0.5, 0.6) is 0 Å². The number of rotatable bonds is 6. The van der Waals surface area contributed by atoms with Crippen LogP contribution in [0.25, 0.3) is 11.5 Å². The number of aromatic nitrogens is 3. The lowest BCUT2D eigenvalue weighted by Gasteiger charge is -2.12. The third-order valence-corrected chi connectivity index (χ3v) is 4.05. The van der Waals surface area contributed by atoms with Gasteiger partial charge in [0.15, 0.2) is 11.5 Å². The van der Waals surface area contributed by atoms with Crippen LogP contribution < -0.4 is 10.6 Å². The Bertz CT molecular complexity index is 993. The molecule has 0 aliphatic rings. The van der Waals surface area contributed by atoms with Gasteiger partial charge in [-0.1, -0.05) is 18.2 Å². The summed E-state index contributed by atoms with van der Waals surface area (Å²) in [5.41, 5.74) is 0.592. The van der Waals surface area contributed by atoms with Gasteiger partial charge in [-0.2, -0.15) is 13.2 Å². The summed E-state index contributed by atoms with van der Waals surface area (Å²) >= 11 is 0. The van der Waals surface area contributed by atoms with Crippen molar-refractivity contribution in [1.82, 2.24) is 20.3 Å². The predicted octanol–water partition coefficient (Wildman–Crippen LogP) is 3.57. The molecule has 1 amide bonds. The molecule has 1 aromatic carbocycles. The maximum atomic E-state index is 13.2. The lowest BCUT2D eigenvalue weighted by molar-refractivity contribution is -0.141. The van der Waals surface area contributed by atoms with Crippen molar-refractivity contribution >= 4 is 11.7 Å². The Balaban J connectivity index is 1.78. The zero-order valence-corrected chi connectivity index (χ0v) is 15.5. The number of nitrogens with one attached hydrogen (secondary N) is 2. The highest BCUT2D eigenvalue weighted by Gasteiger charge is 2.34. The van der Waals surface area contributed by atoms with E-state index in [1.54, 1.807) is 43.4 Å². The van der Waals surface area contributed by atoms with Gasteiger partial charge in [-0.25, -0.2) is 9.97 Å². The van der Waals surface area contributed by atoms with Crippen LogP contribution in [0.15, 0.2) is 54.7 Å². The molecule has 3 rings (SSSR count). The standard InChI is InChI=1S/C20H18F3N5O/c1-24-19(29)14-6-4-5-13(11-14)8-10-26-17-12-16(20(21,22)23)27-18(28-17)15-7-2-3-9-25-15/h2-7,9,11-12H,8,10H2,1H3,(H,24,29)(H,26,27,28). The lowest BCUT2D eigenvalue weighted by Crippen LogP contribution is -2.18. The van der Waals surface area contributed by atoms with Crippen molar-refractivity contribution in [2.45, 2.75) is 12.6 Å². The molecular formula is C20H18F3N5O. The number of carbonyl (C=O) groups excluding carboxylic acids is 1. The quantitative estimate of drug-likeness (QED) is 0.660. The van der Waals surface area contributed by atoms with Crippen LogP contribution in [0.1, 0.15) is 21.6 Å². The van der Waals surface area contributed by atoms with Gasteiger partial charge in [0, 0.05) is 31.4 Å². The number of hydrogen-bond donors (Lipinski definition) is 2. The van der Waals surface area contributed by atoms with Crippen LogP contribution in [0, 0.1) is 0 Å². The molecule has 0 bridgehead atoms. The van der Waals surface area contributed by atoms with E-state index in [1.807, 2.05) is 6.07 Å². The van der Waals surface area contributed by atoms with Gasteiger partial charge in [0.1, 0.15) is 11.5 Å². The van der Waals surface area contributed by atoms with E-state index in [0.717, 1.165) is 11.6 Å². The average Bonchev–Trinajstić information content (AvgIpc) is 2.73. The van der Waals surface area contributed by atoms with E-state index >= 15 is 0 Å². The van der Waals surface area contributed by atoms with Gasteiger partial charge >= 0.3 is 6.18 Å². The molecule has 3 aromatic rings. The summed E-state index contributed by atoms with van der Waals surface area (Å²) in [7, 11) is 1.54. The van der Waals surface area contributed by atoms with Crippen molar-refractivity contribution in [3.63, 3.8) is 0 Å². The van der Waals surface area contributed by atoms with Crippen LogP contribution in [-0.2, 0) is 12.6 Å². The number of pyridine rings is 1. The molecule has 9 heteroatoms. The van der Waals surface area contributed by atoms with Crippen LogP contribution >= 0.6 is 0 Å². The Kier molecular flexibility index (Phi) is 6.06. The van der Waals surface area contributed by atoms with Crippen LogP contribution in [-0.4, -0.2) is 34.5 Å². The van der Waals surface area contributed by atoms with Crippen molar-refractivity contribution in [1.29, 1.82) is 0 Å². The van der Waals surface area contributed by atoms with E-state index in [-0.39, 0.29) is 23.2 Å². The second-order valence-corrected chi connectivity index (χ2v) is 6.13. The van der Waals surface area contributed by atoms with Crippen LogP contribution in [0.4, 0.5) is 19.0 Å². The summed E-state index contributed by atoms with van der Waals surface area (Å²) in [6.45, 7) is 0.327. The summed E-state index contributed by atoms with van der Waals surface area (Å²) in [6.07, 6.45) is -2.65. The zero-order chi connectivity index (χ0) is 20.9. The van der Waals surface area contributed by atoms with Crippen molar-refractivity contribution in [3.8, 4) is 11.5 Å². The minimum Gasteiger partial charge on any atom is -0.370 e. The highest BCUT2D eigenvalue weighted by molar-refractivity contribution is 5.94. The van der Waals surface area contributed by atoms with Gasteiger partial charge < -0.3 is 10.6 Å². The van der Waals surface area contributed by atoms with E-state index in [1.165, 1.54) is 6.20 Å². The minimum atomic E-state index is -4.61. The molecule has 6 nitrogen and oxygen atoms in total. The first kappa shape index (κ1) is 20.2. The summed E-state index contributed by atoms with van der Waals surface area (Å²) in [4.78, 5) is 23.5. The monoisotopic (exact) mass is 401 g/mol. The van der Waals surface area contributed by atoms with Crippen LogP contribution in [0.3, 0.4) is 0 Å². The van der Waals surface area contributed by atoms with Crippen molar-refractivity contribution in [2.24, 2.45) is 0 Å². The molecule has 0 aliphatic heterocycles. The third-order valence-electron chi connectivity index (χ3n) is 4.05. The Morgan fingerprint density at radius 3 is 2.59 bits per heavy atom.